The van der Waals surface area contributed by atoms with E-state index in [1.54, 1.807) is 44.4 Å². The first-order chi connectivity index (χ1) is 12.9. The summed E-state index contributed by atoms with van der Waals surface area (Å²) in [5.74, 6) is -0.470. The van der Waals surface area contributed by atoms with Crippen LogP contribution >= 0.6 is 11.6 Å². The van der Waals surface area contributed by atoms with Crippen molar-refractivity contribution >= 4 is 29.5 Å². The molecule has 0 bridgehead atoms. The van der Waals surface area contributed by atoms with Crippen LogP contribution in [0.2, 0.25) is 5.02 Å². The van der Waals surface area contributed by atoms with Crippen LogP contribution in [0.5, 0.6) is 5.75 Å². The number of aliphatic imine (C=N–C) groups is 1. The van der Waals surface area contributed by atoms with Crippen LogP contribution in [-0.4, -0.2) is 34.2 Å². The number of aromatic carboxylic acids is 1. The van der Waals surface area contributed by atoms with Crippen LogP contribution in [0.15, 0.2) is 52.3 Å². The Morgan fingerprint density at radius 1 is 1.26 bits per heavy atom. The maximum absolute atomic E-state index is 12.7. The first-order valence-electron chi connectivity index (χ1n) is 7.94. The summed E-state index contributed by atoms with van der Waals surface area (Å²) in [5.41, 5.74) is 1.27. The predicted octanol–water partition coefficient (Wildman–Crippen LogP) is 3.58. The molecular formula is C19H16ClN3O4. The van der Waals surface area contributed by atoms with Crippen LogP contribution in [0.1, 0.15) is 21.6 Å². The molecule has 0 saturated carbocycles. The van der Waals surface area contributed by atoms with Crippen molar-refractivity contribution in [2.45, 2.75) is 6.92 Å². The summed E-state index contributed by atoms with van der Waals surface area (Å²) in [6.45, 7) is 1.73. The Morgan fingerprint density at radius 3 is 2.59 bits per heavy atom. The van der Waals surface area contributed by atoms with E-state index in [1.165, 1.54) is 23.0 Å². The van der Waals surface area contributed by atoms with Gasteiger partial charge in [0.25, 0.3) is 5.56 Å². The van der Waals surface area contributed by atoms with Gasteiger partial charge in [-0.05, 0) is 43.3 Å². The maximum atomic E-state index is 12.7. The zero-order valence-electron chi connectivity index (χ0n) is 14.6. The highest BCUT2D eigenvalue weighted by atomic mass is 35.5. The maximum Gasteiger partial charge on any atom is 0.337 e. The first-order valence-corrected chi connectivity index (χ1v) is 8.32. The molecule has 8 heteroatoms. The second kappa shape index (κ2) is 7.51. The Balaban J connectivity index is 2.02. The number of halogens is 1. The molecule has 0 saturated heterocycles. The number of H-pyrrole nitrogens is 1. The second-order valence-electron chi connectivity index (χ2n) is 5.69. The van der Waals surface area contributed by atoms with Crippen molar-refractivity contribution in [3.05, 3.63) is 74.7 Å². The summed E-state index contributed by atoms with van der Waals surface area (Å²) in [4.78, 5) is 28.2. The van der Waals surface area contributed by atoms with Gasteiger partial charge in [0.2, 0.25) is 0 Å². The van der Waals surface area contributed by atoms with Gasteiger partial charge in [0.1, 0.15) is 5.75 Å². The molecule has 0 aliphatic heterocycles. The molecule has 0 amide bonds. The Morgan fingerprint density at radius 2 is 1.96 bits per heavy atom. The van der Waals surface area contributed by atoms with E-state index < -0.39 is 5.97 Å². The SMILES string of the molecule is COc1ccc(-n2[nH]c(C)c(C=Nc3c(Cl)cccc3C(=O)O)c2=O)cc1. The monoisotopic (exact) mass is 385 g/mol. The summed E-state index contributed by atoms with van der Waals surface area (Å²) in [5, 5.41) is 12.4. The van der Waals surface area contributed by atoms with Crippen molar-refractivity contribution in [1.82, 2.24) is 9.78 Å². The summed E-state index contributed by atoms with van der Waals surface area (Å²) in [6.07, 6.45) is 1.32. The largest absolute Gasteiger partial charge is 0.497 e. The molecule has 0 aliphatic carbocycles. The summed E-state index contributed by atoms with van der Waals surface area (Å²) in [7, 11) is 1.56. The lowest BCUT2D eigenvalue weighted by atomic mass is 10.2. The number of aryl methyl sites for hydroxylation is 1. The van der Waals surface area contributed by atoms with Gasteiger partial charge in [-0.2, -0.15) is 0 Å². The van der Waals surface area contributed by atoms with E-state index in [0.717, 1.165) is 0 Å². The third kappa shape index (κ3) is 3.63. The quantitative estimate of drug-likeness (QED) is 0.656. The van der Waals surface area contributed by atoms with Crippen LogP contribution in [0.25, 0.3) is 5.69 Å². The highest BCUT2D eigenvalue weighted by molar-refractivity contribution is 6.33. The predicted molar refractivity (Wildman–Crippen MR) is 103 cm³/mol. The van der Waals surface area contributed by atoms with Gasteiger partial charge < -0.3 is 9.84 Å². The number of carboxylic acid groups (broad SMARTS) is 1. The van der Waals surface area contributed by atoms with Crippen molar-refractivity contribution in [3.8, 4) is 11.4 Å². The van der Waals surface area contributed by atoms with Crippen LogP contribution < -0.4 is 10.3 Å². The van der Waals surface area contributed by atoms with Crippen LogP contribution in [0, 0.1) is 6.92 Å². The minimum Gasteiger partial charge on any atom is -0.497 e. The van der Waals surface area contributed by atoms with Gasteiger partial charge in [0, 0.05) is 11.9 Å². The molecule has 27 heavy (non-hydrogen) atoms. The average molecular weight is 386 g/mol. The molecule has 3 aromatic rings. The summed E-state index contributed by atoms with van der Waals surface area (Å²) >= 11 is 6.07. The number of nitrogens with zero attached hydrogens (tertiary/aromatic N) is 2. The number of ether oxygens (including phenoxy) is 1. The number of carboxylic acids is 1. The van der Waals surface area contributed by atoms with E-state index in [4.69, 9.17) is 16.3 Å². The molecule has 1 heterocycles. The first kappa shape index (κ1) is 18.5. The Kier molecular flexibility index (Phi) is 5.14. The zero-order chi connectivity index (χ0) is 19.6. The molecule has 2 N–H and O–H groups in total. The molecule has 138 valence electrons. The molecule has 0 atom stereocenters. The van der Waals surface area contributed by atoms with Crippen molar-refractivity contribution in [2.24, 2.45) is 4.99 Å². The molecule has 0 radical (unpaired) electrons. The number of para-hydroxylation sites is 1. The van der Waals surface area contributed by atoms with Gasteiger partial charge >= 0.3 is 5.97 Å². The van der Waals surface area contributed by atoms with Gasteiger partial charge in [-0.15, -0.1) is 0 Å². The number of aromatic nitrogens is 2. The van der Waals surface area contributed by atoms with Gasteiger partial charge in [-0.25, -0.2) is 9.48 Å². The lowest BCUT2D eigenvalue weighted by Gasteiger charge is -2.03. The fourth-order valence-corrected chi connectivity index (χ4v) is 2.80. The molecule has 0 unspecified atom stereocenters. The third-order valence-electron chi connectivity index (χ3n) is 3.99. The fourth-order valence-electron chi connectivity index (χ4n) is 2.57. The lowest BCUT2D eigenvalue weighted by molar-refractivity contribution is 0.0698. The van der Waals surface area contributed by atoms with Crippen LogP contribution in [0.4, 0.5) is 5.69 Å². The highest BCUT2D eigenvalue weighted by Crippen LogP contribution is 2.29. The smallest absolute Gasteiger partial charge is 0.337 e. The highest BCUT2D eigenvalue weighted by Gasteiger charge is 2.14. The zero-order valence-corrected chi connectivity index (χ0v) is 15.3. The van der Waals surface area contributed by atoms with Crippen molar-refractivity contribution in [3.63, 3.8) is 0 Å². The molecule has 0 aliphatic rings. The molecule has 0 spiro atoms. The number of aromatic amines is 1. The number of nitrogens with one attached hydrogen (secondary N) is 1. The standard InChI is InChI=1S/C19H16ClN3O4/c1-11-15(10-21-17-14(19(25)26)4-3-5-16(17)20)18(24)23(22-11)12-6-8-13(27-2)9-7-12/h3-10,22H,1-2H3,(H,25,26). The number of hydrogen-bond donors (Lipinski definition) is 2. The average Bonchev–Trinajstić information content (AvgIpc) is 2.94. The van der Waals surface area contributed by atoms with E-state index in [0.29, 0.717) is 22.7 Å². The summed E-state index contributed by atoms with van der Waals surface area (Å²) < 4.78 is 6.49. The van der Waals surface area contributed by atoms with E-state index >= 15 is 0 Å². The number of hydrogen-bond acceptors (Lipinski definition) is 4. The Labute approximate surface area is 159 Å². The Bertz CT molecular complexity index is 1080. The van der Waals surface area contributed by atoms with Crippen molar-refractivity contribution in [2.75, 3.05) is 7.11 Å². The number of carbonyl (C=O) groups is 1. The Hall–Kier alpha value is -3.32. The third-order valence-corrected chi connectivity index (χ3v) is 4.29. The fraction of sp³-hybridized carbons (Fsp3) is 0.105. The molecule has 1 aromatic heterocycles. The van der Waals surface area contributed by atoms with Gasteiger partial charge in [-0.1, -0.05) is 17.7 Å². The molecule has 2 aromatic carbocycles. The van der Waals surface area contributed by atoms with Crippen LogP contribution in [-0.2, 0) is 0 Å². The second-order valence-corrected chi connectivity index (χ2v) is 6.10. The van der Waals surface area contributed by atoms with Gasteiger partial charge in [0.15, 0.2) is 0 Å². The lowest BCUT2D eigenvalue weighted by Crippen LogP contribution is -2.17. The van der Waals surface area contributed by atoms with Crippen LogP contribution in [0.3, 0.4) is 0 Å². The summed E-state index contributed by atoms with van der Waals surface area (Å²) in [6, 6.07) is 11.5. The minimum atomic E-state index is -1.15. The molecule has 0 fully saturated rings. The van der Waals surface area contributed by atoms with E-state index in [2.05, 4.69) is 10.1 Å². The topological polar surface area (TPSA) is 96.7 Å². The molecular weight excluding hydrogens is 370 g/mol. The van der Waals surface area contributed by atoms with Crippen molar-refractivity contribution < 1.29 is 14.6 Å². The van der Waals surface area contributed by atoms with Gasteiger partial charge in [0.05, 0.1) is 34.6 Å². The number of benzene rings is 2. The number of methoxy groups -OCH3 is 1. The minimum absolute atomic E-state index is 0.0394. The van der Waals surface area contributed by atoms with E-state index in [1.807, 2.05) is 0 Å². The van der Waals surface area contributed by atoms with E-state index in [-0.39, 0.29) is 21.8 Å². The van der Waals surface area contributed by atoms with Gasteiger partial charge in [-0.3, -0.25) is 14.9 Å². The number of rotatable bonds is 5. The molecule has 3 rings (SSSR count). The molecule has 7 nitrogen and oxygen atoms in total. The van der Waals surface area contributed by atoms with Crippen molar-refractivity contribution in [1.29, 1.82) is 0 Å². The normalized spacial score (nSPS) is 11.1. The van der Waals surface area contributed by atoms with E-state index in [9.17, 15) is 14.7 Å².